The molecule has 0 radical (unpaired) electrons. The van der Waals surface area contributed by atoms with E-state index in [1.165, 1.54) is 41.6 Å². The van der Waals surface area contributed by atoms with Gasteiger partial charge in [0, 0.05) is 37.2 Å². The lowest BCUT2D eigenvalue weighted by molar-refractivity contribution is 0.0378. The maximum absolute atomic E-state index is 6.14. The predicted octanol–water partition coefficient (Wildman–Crippen LogP) is 7.98. The normalized spacial score (nSPS) is 22.9. The van der Waals surface area contributed by atoms with Gasteiger partial charge in [-0.05, 0) is 127 Å². The molecule has 6 rings (SSSR count). The minimum atomic E-state index is 0.164. The lowest BCUT2D eigenvalue weighted by Gasteiger charge is -2.49. The van der Waals surface area contributed by atoms with E-state index in [2.05, 4.69) is 72.3 Å². The average Bonchev–Trinajstić information content (AvgIpc) is 3.04. The molecule has 3 aromatic carbocycles. The molecule has 0 bridgehead atoms. The number of hydrogen-bond acceptors (Lipinski definition) is 4. The largest absolute Gasteiger partial charge is 0.493 e. The van der Waals surface area contributed by atoms with Gasteiger partial charge in [0.1, 0.15) is 0 Å². The van der Waals surface area contributed by atoms with Crippen molar-refractivity contribution in [2.24, 2.45) is 11.8 Å². The van der Waals surface area contributed by atoms with E-state index in [1.54, 1.807) is 25.3 Å². The molecular formula is C37H46ClN3O2S. The van der Waals surface area contributed by atoms with Crippen LogP contribution in [-0.2, 0) is 19.4 Å². The summed E-state index contributed by atoms with van der Waals surface area (Å²) in [7, 11) is 3.45. The Kier molecular flexibility index (Phi) is 9.42. The van der Waals surface area contributed by atoms with Crippen LogP contribution < -0.4 is 14.8 Å². The Hall–Kier alpha value is -2.80. The van der Waals surface area contributed by atoms with E-state index >= 15 is 0 Å². The maximum Gasteiger partial charge on any atom is 0.169 e. The van der Waals surface area contributed by atoms with Crippen molar-refractivity contribution in [3.05, 3.63) is 92.5 Å². The molecule has 1 N–H and O–H groups in total. The number of aryl methyl sites for hydroxylation is 2. The van der Waals surface area contributed by atoms with Gasteiger partial charge in [-0.2, -0.15) is 0 Å². The van der Waals surface area contributed by atoms with E-state index in [-0.39, 0.29) is 6.04 Å². The summed E-state index contributed by atoms with van der Waals surface area (Å²) in [5.74, 6) is 2.82. The van der Waals surface area contributed by atoms with Gasteiger partial charge in [0.05, 0.1) is 20.3 Å². The molecule has 4 atom stereocenters. The summed E-state index contributed by atoms with van der Waals surface area (Å²) < 4.78 is 11.5. The highest BCUT2D eigenvalue weighted by molar-refractivity contribution is 7.80. The highest BCUT2D eigenvalue weighted by atomic mass is 35.5. The van der Waals surface area contributed by atoms with E-state index in [0.29, 0.717) is 24.4 Å². The highest BCUT2D eigenvalue weighted by Crippen LogP contribution is 2.48. The van der Waals surface area contributed by atoms with Gasteiger partial charge in [-0.15, -0.1) is 0 Å². The Morgan fingerprint density at radius 3 is 2.32 bits per heavy atom. The fourth-order valence-corrected chi connectivity index (χ4v) is 8.33. The average molecular weight is 632 g/mol. The second kappa shape index (κ2) is 13.3. The monoisotopic (exact) mass is 631 g/mol. The van der Waals surface area contributed by atoms with E-state index in [1.807, 2.05) is 12.1 Å². The molecule has 0 spiro atoms. The molecule has 4 unspecified atom stereocenters. The Morgan fingerprint density at radius 2 is 1.59 bits per heavy atom. The van der Waals surface area contributed by atoms with E-state index < -0.39 is 0 Å². The molecule has 3 aromatic rings. The number of halogens is 1. The van der Waals surface area contributed by atoms with Crippen molar-refractivity contribution in [2.45, 2.75) is 71.5 Å². The molecule has 3 aliphatic rings. The molecule has 3 aliphatic heterocycles. The summed E-state index contributed by atoms with van der Waals surface area (Å²) in [4.78, 5) is 5.22. The maximum atomic E-state index is 6.14. The molecular weight excluding hydrogens is 586 g/mol. The van der Waals surface area contributed by atoms with Crippen molar-refractivity contribution < 1.29 is 9.47 Å². The minimum Gasteiger partial charge on any atom is -0.493 e. The van der Waals surface area contributed by atoms with Crippen LogP contribution in [-0.4, -0.2) is 48.8 Å². The third-order valence-electron chi connectivity index (χ3n) is 10.6. The first-order chi connectivity index (χ1) is 21.3. The van der Waals surface area contributed by atoms with Crippen LogP contribution in [0.15, 0.2) is 48.5 Å². The lowest BCUT2D eigenvalue weighted by Crippen LogP contribution is -2.49. The standard InChI is InChI=1S/C37H46ClN3O2S/c1-6-26-22-40-13-11-27-15-23(2)24(3)16-31(27)33(40)17-29(26)18-34-32-20-36(43-5)35(42-4)19-28(32)12-14-41(34)37(44)39-21-25-7-9-30(38)10-8-25/h7-10,15-16,19-20,26,29,33-34H,6,11-14,17-18,21-22H2,1-5H3,(H,39,44). The van der Waals surface area contributed by atoms with Gasteiger partial charge in [0.2, 0.25) is 0 Å². The van der Waals surface area contributed by atoms with Gasteiger partial charge < -0.3 is 19.7 Å². The molecule has 1 saturated heterocycles. The van der Waals surface area contributed by atoms with Gasteiger partial charge in [0.15, 0.2) is 16.6 Å². The van der Waals surface area contributed by atoms with Crippen LogP contribution in [0.5, 0.6) is 11.5 Å². The van der Waals surface area contributed by atoms with Crippen LogP contribution >= 0.6 is 23.8 Å². The zero-order valence-electron chi connectivity index (χ0n) is 26.8. The minimum absolute atomic E-state index is 0.164. The molecule has 44 heavy (non-hydrogen) atoms. The second-order valence-corrected chi connectivity index (χ2v) is 13.8. The van der Waals surface area contributed by atoms with Crippen LogP contribution in [0, 0.1) is 25.7 Å². The van der Waals surface area contributed by atoms with Crippen LogP contribution in [0.25, 0.3) is 0 Å². The number of methoxy groups -OCH3 is 2. The van der Waals surface area contributed by atoms with Crippen LogP contribution in [0.4, 0.5) is 0 Å². The smallest absolute Gasteiger partial charge is 0.169 e. The van der Waals surface area contributed by atoms with Crippen LogP contribution in [0.2, 0.25) is 5.02 Å². The third kappa shape index (κ3) is 6.18. The molecule has 0 aromatic heterocycles. The number of benzene rings is 3. The van der Waals surface area contributed by atoms with Crippen molar-refractivity contribution in [3.63, 3.8) is 0 Å². The molecule has 5 nitrogen and oxygen atoms in total. The number of rotatable bonds is 7. The third-order valence-corrected chi connectivity index (χ3v) is 11.2. The van der Waals surface area contributed by atoms with Gasteiger partial charge in [-0.25, -0.2) is 0 Å². The molecule has 0 aliphatic carbocycles. The molecule has 1 fully saturated rings. The van der Waals surface area contributed by atoms with Gasteiger partial charge >= 0.3 is 0 Å². The second-order valence-electron chi connectivity index (χ2n) is 12.9. The number of nitrogens with one attached hydrogen (secondary N) is 1. The number of thiocarbonyl (C=S) groups is 1. The Morgan fingerprint density at radius 1 is 0.909 bits per heavy atom. The summed E-state index contributed by atoms with van der Waals surface area (Å²) >= 11 is 12.3. The Bertz CT molecular complexity index is 1510. The first-order valence-corrected chi connectivity index (χ1v) is 17.0. The van der Waals surface area contributed by atoms with E-state index in [0.717, 1.165) is 59.5 Å². The molecule has 234 valence electrons. The van der Waals surface area contributed by atoms with E-state index in [4.69, 9.17) is 33.3 Å². The number of piperidine rings is 1. The van der Waals surface area contributed by atoms with Crippen molar-refractivity contribution in [1.29, 1.82) is 0 Å². The molecule has 7 heteroatoms. The van der Waals surface area contributed by atoms with Crippen molar-refractivity contribution in [2.75, 3.05) is 33.9 Å². The zero-order valence-corrected chi connectivity index (χ0v) is 28.4. The van der Waals surface area contributed by atoms with Gasteiger partial charge in [-0.1, -0.05) is 49.2 Å². The number of fused-ring (bicyclic) bond motifs is 4. The molecule has 0 saturated carbocycles. The molecule has 0 amide bonds. The Labute approximate surface area is 273 Å². The quantitative estimate of drug-likeness (QED) is 0.267. The van der Waals surface area contributed by atoms with Crippen LogP contribution in [0.3, 0.4) is 0 Å². The first kappa shape index (κ1) is 31.2. The summed E-state index contributed by atoms with van der Waals surface area (Å²) in [5.41, 5.74) is 9.75. The topological polar surface area (TPSA) is 37.0 Å². The predicted molar refractivity (Wildman–Crippen MR) is 184 cm³/mol. The summed E-state index contributed by atoms with van der Waals surface area (Å²) in [5, 5.41) is 5.14. The van der Waals surface area contributed by atoms with Crippen LogP contribution in [0.1, 0.15) is 77.2 Å². The van der Waals surface area contributed by atoms with Gasteiger partial charge in [0.25, 0.3) is 0 Å². The highest BCUT2D eigenvalue weighted by Gasteiger charge is 2.41. The molecule has 3 heterocycles. The Balaban J connectivity index is 1.31. The first-order valence-electron chi connectivity index (χ1n) is 16.2. The van der Waals surface area contributed by atoms with Crippen molar-refractivity contribution in [3.8, 4) is 11.5 Å². The fourth-order valence-electron chi connectivity index (χ4n) is 7.91. The number of hydrogen-bond donors (Lipinski definition) is 1. The summed E-state index contributed by atoms with van der Waals surface area (Å²) in [6, 6.07) is 18.0. The number of ether oxygens (including phenoxy) is 2. The van der Waals surface area contributed by atoms with E-state index in [9.17, 15) is 0 Å². The zero-order chi connectivity index (χ0) is 31.0. The lowest BCUT2D eigenvalue weighted by atomic mass is 9.72. The fraction of sp³-hybridized carbons (Fsp3) is 0.486. The van der Waals surface area contributed by atoms with Gasteiger partial charge in [-0.3, -0.25) is 4.90 Å². The SMILES string of the molecule is CCC1CN2CCc3cc(C)c(C)cc3C2CC1CC1c2cc(OC)c(OC)cc2CCN1C(=S)NCc1ccc(Cl)cc1. The summed E-state index contributed by atoms with van der Waals surface area (Å²) in [6.45, 7) is 10.8. The summed E-state index contributed by atoms with van der Waals surface area (Å²) in [6.07, 6.45) is 5.52. The number of nitrogens with zero attached hydrogens (tertiary/aromatic N) is 2. The van der Waals surface area contributed by atoms with Crippen molar-refractivity contribution in [1.82, 2.24) is 15.1 Å². The van der Waals surface area contributed by atoms with Crippen molar-refractivity contribution >= 4 is 28.9 Å².